The molecule has 4 heteroatoms. The van der Waals surface area contributed by atoms with Crippen LogP contribution in [0.2, 0.25) is 0 Å². The molecule has 1 fully saturated rings. The summed E-state index contributed by atoms with van der Waals surface area (Å²) in [6.45, 7) is 2.67. The first-order chi connectivity index (χ1) is 8.72. The molecular weight excluding hydrogens is 247 g/mol. The molecule has 2 nitrogen and oxygen atoms in total. The molecule has 1 aliphatic carbocycles. The highest BCUT2D eigenvalue weighted by Crippen LogP contribution is 2.27. The predicted octanol–water partition coefficient (Wildman–Crippen LogP) is 3.51. The molecule has 3 rings (SSSR count). The van der Waals surface area contributed by atoms with Gasteiger partial charge in [-0.1, -0.05) is 6.07 Å². The number of aromatic nitrogens is 1. The fraction of sp³-hybridized carbons (Fsp3) is 0.357. The van der Waals surface area contributed by atoms with Crippen LogP contribution in [0.3, 0.4) is 0 Å². The molecule has 0 unspecified atom stereocenters. The third-order valence-electron chi connectivity index (χ3n) is 3.06. The molecule has 1 aromatic carbocycles. The van der Waals surface area contributed by atoms with Crippen LogP contribution in [-0.2, 0) is 6.54 Å². The lowest BCUT2D eigenvalue weighted by atomic mass is 10.1. The largest absolute Gasteiger partial charge is 0.308 e. The van der Waals surface area contributed by atoms with Crippen LogP contribution >= 0.6 is 11.3 Å². The second-order valence-corrected chi connectivity index (χ2v) is 5.64. The first kappa shape index (κ1) is 11.8. The van der Waals surface area contributed by atoms with Gasteiger partial charge in [0.1, 0.15) is 10.8 Å². The van der Waals surface area contributed by atoms with E-state index in [1.165, 1.54) is 24.2 Å². The van der Waals surface area contributed by atoms with E-state index in [0.717, 1.165) is 22.8 Å². The maximum atomic E-state index is 13.8. The van der Waals surface area contributed by atoms with Gasteiger partial charge >= 0.3 is 0 Å². The summed E-state index contributed by atoms with van der Waals surface area (Å²) < 4.78 is 13.8. The third-order valence-corrected chi connectivity index (χ3v) is 3.98. The van der Waals surface area contributed by atoms with Crippen LogP contribution in [0.15, 0.2) is 23.6 Å². The molecule has 0 saturated heterocycles. The Morgan fingerprint density at radius 1 is 1.44 bits per heavy atom. The molecule has 0 bridgehead atoms. The van der Waals surface area contributed by atoms with E-state index in [4.69, 9.17) is 0 Å². The van der Waals surface area contributed by atoms with Gasteiger partial charge < -0.3 is 5.32 Å². The van der Waals surface area contributed by atoms with Crippen molar-refractivity contribution in [2.24, 2.45) is 0 Å². The molecular formula is C14H15FN2S. The first-order valence-electron chi connectivity index (χ1n) is 6.17. The average molecular weight is 262 g/mol. The molecule has 0 aliphatic heterocycles. The lowest BCUT2D eigenvalue weighted by Crippen LogP contribution is -2.15. The number of hydrogen-bond acceptors (Lipinski definition) is 3. The molecule has 1 saturated carbocycles. The number of aryl methyl sites for hydroxylation is 1. The molecule has 18 heavy (non-hydrogen) atoms. The number of rotatable bonds is 4. The predicted molar refractivity (Wildman–Crippen MR) is 72.1 cm³/mol. The summed E-state index contributed by atoms with van der Waals surface area (Å²) in [6.07, 6.45) is 2.53. The Kier molecular flexibility index (Phi) is 3.14. The molecule has 1 N–H and O–H groups in total. The topological polar surface area (TPSA) is 24.9 Å². The van der Waals surface area contributed by atoms with Gasteiger partial charge in [-0.05, 0) is 37.5 Å². The minimum absolute atomic E-state index is 0.189. The van der Waals surface area contributed by atoms with E-state index in [1.807, 2.05) is 24.4 Å². The second-order valence-electron chi connectivity index (χ2n) is 4.78. The van der Waals surface area contributed by atoms with Crippen molar-refractivity contribution >= 4 is 11.3 Å². The summed E-state index contributed by atoms with van der Waals surface area (Å²) in [4.78, 5) is 4.49. The number of hydrogen-bond donors (Lipinski definition) is 1. The van der Waals surface area contributed by atoms with Crippen LogP contribution in [0.5, 0.6) is 0 Å². The van der Waals surface area contributed by atoms with Crippen LogP contribution in [0.4, 0.5) is 4.39 Å². The maximum Gasteiger partial charge on any atom is 0.133 e. The van der Waals surface area contributed by atoms with Crippen molar-refractivity contribution in [3.05, 3.63) is 40.7 Å². The standard InChI is InChI=1S/C14H15FN2S/c1-9-2-5-12(13(15)6-9)14-17-11(8-18-14)7-16-10-3-4-10/h2,5-6,8,10,16H,3-4,7H2,1H3. The van der Waals surface area contributed by atoms with Gasteiger partial charge in [-0.2, -0.15) is 0 Å². The third kappa shape index (κ3) is 2.60. The zero-order chi connectivity index (χ0) is 12.5. The summed E-state index contributed by atoms with van der Waals surface area (Å²) in [5.74, 6) is -0.189. The molecule has 0 atom stereocenters. The Bertz CT molecular complexity index is 561. The number of halogens is 1. The van der Waals surface area contributed by atoms with Gasteiger partial charge in [0.25, 0.3) is 0 Å². The molecule has 1 aliphatic rings. The van der Waals surface area contributed by atoms with Crippen molar-refractivity contribution in [2.45, 2.75) is 32.4 Å². The van der Waals surface area contributed by atoms with Crippen molar-refractivity contribution in [1.29, 1.82) is 0 Å². The van der Waals surface area contributed by atoms with Gasteiger partial charge in [0.2, 0.25) is 0 Å². The van der Waals surface area contributed by atoms with Crippen LogP contribution < -0.4 is 5.32 Å². The van der Waals surface area contributed by atoms with Crippen LogP contribution in [0.25, 0.3) is 10.6 Å². The van der Waals surface area contributed by atoms with E-state index >= 15 is 0 Å². The Morgan fingerprint density at radius 2 is 2.28 bits per heavy atom. The van der Waals surface area contributed by atoms with E-state index < -0.39 is 0 Å². The summed E-state index contributed by atoms with van der Waals surface area (Å²) in [6, 6.07) is 5.95. The highest BCUT2D eigenvalue weighted by Gasteiger charge is 2.20. The SMILES string of the molecule is Cc1ccc(-c2nc(CNC3CC3)cs2)c(F)c1. The number of thiazole rings is 1. The lowest BCUT2D eigenvalue weighted by molar-refractivity contribution is 0.629. The Hall–Kier alpha value is -1.26. The Morgan fingerprint density at radius 3 is 3.00 bits per heavy atom. The molecule has 1 aromatic heterocycles. The molecule has 0 spiro atoms. The van der Waals surface area contributed by atoms with Crippen molar-refractivity contribution in [3.63, 3.8) is 0 Å². The number of nitrogens with zero attached hydrogens (tertiary/aromatic N) is 1. The zero-order valence-electron chi connectivity index (χ0n) is 10.2. The van der Waals surface area contributed by atoms with E-state index in [1.54, 1.807) is 6.07 Å². The minimum Gasteiger partial charge on any atom is -0.308 e. The zero-order valence-corrected chi connectivity index (χ0v) is 11.1. The molecule has 0 radical (unpaired) electrons. The summed E-state index contributed by atoms with van der Waals surface area (Å²) >= 11 is 1.50. The van der Waals surface area contributed by atoms with E-state index in [2.05, 4.69) is 10.3 Å². The summed E-state index contributed by atoms with van der Waals surface area (Å²) in [7, 11) is 0. The molecule has 1 heterocycles. The minimum atomic E-state index is -0.189. The fourth-order valence-corrected chi connectivity index (χ4v) is 2.69. The Balaban J connectivity index is 1.78. The smallest absolute Gasteiger partial charge is 0.133 e. The molecule has 94 valence electrons. The lowest BCUT2D eigenvalue weighted by Gasteiger charge is -2.00. The Labute approximate surface area is 110 Å². The van der Waals surface area contributed by atoms with Crippen LogP contribution in [-0.4, -0.2) is 11.0 Å². The number of benzene rings is 1. The maximum absolute atomic E-state index is 13.8. The van der Waals surface area contributed by atoms with Gasteiger partial charge in [0.15, 0.2) is 0 Å². The summed E-state index contributed by atoms with van der Waals surface area (Å²) in [5.41, 5.74) is 2.54. The first-order valence-corrected chi connectivity index (χ1v) is 7.04. The van der Waals surface area contributed by atoms with Gasteiger partial charge in [0.05, 0.1) is 5.69 Å². The van der Waals surface area contributed by atoms with Gasteiger partial charge in [-0.25, -0.2) is 9.37 Å². The highest BCUT2D eigenvalue weighted by molar-refractivity contribution is 7.13. The van der Waals surface area contributed by atoms with Gasteiger partial charge in [0, 0.05) is 23.5 Å². The fourth-order valence-electron chi connectivity index (χ4n) is 1.84. The molecule has 0 amide bonds. The van der Waals surface area contributed by atoms with Crippen molar-refractivity contribution in [3.8, 4) is 10.6 Å². The quantitative estimate of drug-likeness (QED) is 0.912. The van der Waals surface area contributed by atoms with E-state index in [0.29, 0.717) is 11.6 Å². The highest BCUT2D eigenvalue weighted by atomic mass is 32.1. The number of nitrogens with one attached hydrogen (secondary N) is 1. The van der Waals surface area contributed by atoms with Crippen molar-refractivity contribution in [1.82, 2.24) is 10.3 Å². The van der Waals surface area contributed by atoms with Gasteiger partial charge in [-0.15, -0.1) is 11.3 Å². The second kappa shape index (κ2) is 4.78. The van der Waals surface area contributed by atoms with Crippen LogP contribution in [0.1, 0.15) is 24.1 Å². The van der Waals surface area contributed by atoms with Crippen molar-refractivity contribution < 1.29 is 4.39 Å². The van der Waals surface area contributed by atoms with E-state index in [9.17, 15) is 4.39 Å². The normalized spacial score (nSPS) is 15.0. The van der Waals surface area contributed by atoms with Crippen LogP contribution in [0, 0.1) is 12.7 Å². The average Bonchev–Trinajstić information content (AvgIpc) is 3.05. The summed E-state index contributed by atoms with van der Waals surface area (Å²) in [5, 5.41) is 6.18. The van der Waals surface area contributed by atoms with E-state index in [-0.39, 0.29) is 5.82 Å². The molecule has 2 aromatic rings. The van der Waals surface area contributed by atoms with Crippen molar-refractivity contribution in [2.75, 3.05) is 0 Å². The monoisotopic (exact) mass is 262 g/mol. The van der Waals surface area contributed by atoms with Gasteiger partial charge in [-0.3, -0.25) is 0 Å².